The zero-order valence-electron chi connectivity index (χ0n) is 8.34. The molecule has 1 aromatic heterocycles. The second kappa shape index (κ2) is 4.61. The van der Waals surface area contributed by atoms with E-state index in [1.54, 1.807) is 0 Å². The number of aromatic nitrogens is 1. The van der Waals surface area contributed by atoms with Gasteiger partial charge in [0.25, 0.3) is 0 Å². The van der Waals surface area contributed by atoms with Crippen molar-refractivity contribution in [2.45, 2.75) is 20.8 Å². The normalized spacial score (nSPS) is 10.2. The largest absolute Gasteiger partial charge is 0.357 e. The van der Waals surface area contributed by atoms with Crippen molar-refractivity contribution in [3.8, 4) is 0 Å². The Morgan fingerprint density at radius 2 is 1.92 bits per heavy atom. The van der Waals surface area contributed by atoms with E-state index < -0.39 is 0 Å². The average Bonchev–Trinajstić information content (AvgIpc) is 2.13. The Labute approximate surface area is 88.1 Å². The summed E-state index contributed by atoms with van der Waals surface area (Å²) in [6.45, 7) is 8.30. The lowest BCUT2D eigenvalue weighted by atomic mass is 10.3. The van der Waals surface area contributed by atoms with Crippen LogP contribution in [0, 0.1) is 6.92 Å². The van der Waals surface area contributed by atoms with Gasteiger partial charge in [-0.3, -0.25) is 0 Å². The molecule has 13 heavy (non-hydrogen) atoms. The lowest BCUT2D eigenvalue weighted by Gasteiger charge is -2.20. The molecule has 72 valence electrons. The maximum absolute atomic E-state index is 4.49. The van der Waals surface area contributed by atoms with Crippen molar-refractivity contribution in [3.05, 3.63) is 22.3 Å². The molecular formula is C10H15BrN2. The highest BCUT2D eigenvalue weighted by Crippen LogP contribution is 2.18. The van der Waals surface area contributed by atoms with E-state index in [0.717, 1.165) is 29.1 Å². The molecule has 0 saturated heterocycles. The van der Waals surface area contributed by atoms with Crippen LogP contribution in [0.25, 0.3) is 0 Å². The smallest absolute Gasteiger partial charge is 0.128 e. The van der Waals surface area contributed by atoms with Crippen LogP contribution in [0.4, 0.5) is 5.82 Å². The summed E-state index contributed by atoms with van der Waals surface area (Å²) in [6, 6.07) is 4.10. The molecule has 2 nitrogen and oxygen atoms in total. The summed E-state index contributed by atoms with van der Waals surface area (Å²) in [5.74, 6) is 1.06. The Morgan fingerprint density at radius 3 is 2.38 bits per heavy atom. The minimum absolute atomic E-state index is 1.00. The van der Waals surface area contributed by atoms with E-state index in [4.69, 9.17) is 0 Å². The summed E-state index contributed by atoms with van der Waals surface area (Å²) in [5.41, 5.74) is 1.05. The third-order valence-electron chi connectivity index (χ3n) is 2.09. The van der Waals surface area contributed by atoms with Gasteiger partial charge in [0.2, 0.25) is 0 Å². The van der Waals surface area contributed by atoms with Crippen LogP contribution in [0.3, 0.4) is 0 Å². The number of aryl methyl sites for hydroxylation is 1. The molecule has 0 atom stereocenters. The molecule has 0 bridgehead atoms. The van der Waals surface area contributed by atoms with E-state index in [1.165, 1.54) is 0 Å². The molecule has 0 aromatic carbocycles. The van der Waals surface area contributed by atoms with Crippen LogP contribution in [0.15, 0.2) is 16.6 Å². The predicted octanol–water partition coefficient (Wildman–Crippen LogP) is 3.00. The van der Waals surface area contributed by atoms with Gasteiger partial charge in [0.15, 0.2) is 0 Å². The van der Waals surface area contributed by atoms with Crippen LogP contribution >= 0.6 is 15.9 Å². The van der Waals surface area contributed by atoms with E-state index in [9.17, 15) is 0 Å². The quantitative estimate of drug-likeness (QED) is 0.811. The molecule has 0 spiro atoms. The van der Waals surface area contributed by atoms with Crippen molar-refractivity contribution in [3.63, 3.8) is 0 Å². The zero-order valence-corrected chi connectivity index (χ0v) is 9.93. The highest BCUT2D eigenvalue weighted by Gasteiger charge is 2.04. The van der Waals surface area contributed by atoms with E-state index in [1.807, 2.05) is 13.0 Å². The van der Waals surface area contributed by atoms with E-state index in [2.05, 4.69) is 45.7 Å². The summed E-state index contributed by atoms with van der Waals surface area (Å²) in [5, 5.41) is 0. The van der Waals surface area contributed by atoms with Gasteiger partial charge in [-0.1, -0.05) is 0 Å². The van der Waals surface area contributed by atoms with Gasteiger partial charge >= 0.3 is 0 Å². The molecule has 0 amide bonds. The summed E-state index contributed by atoms with van der Waals surface area (Å²) in [6.07, 6.45) is 0. The van der Waals surface area contributed by atoms with Crippen molar-refractivity contribution in [1.82, 2.24) is 4.98 Å². The van der Waals surface area contributed by atoms with Crippen LogP contribution in [-0.4, -0.2) is 18.1 Å². The van der Waals surface area contributed by atoms with Gasteiger partial charge in [0.1, 0.15) is 5.82 Å². The number of halogens is 1. The summed E-state index contributed by atoms with van der Waals surface area (Å²) in [7, 11) is 0. The summed E-state index contributed by atoms with van der Waals surface area (Å²) in [4.78, 5) is 6.73. The first-order valence-electron chi connectivity index (χ1n) is 4.57. The maximum atomic E-state index is 4.49. The minimum Gasteiger partial charge on any atom is -0.357 e. The molecule has 0 fully saturated rings. The van der Waals surface area contributed by atoms with Crippen molar-refractivity contribution >= 4 is 21.7 Å². The first-order valence-corrected chi connectivity index (χ1v) is 5.36. The number of rotatable bonds is 3. The first-order chi connectivity index (χ1) is 6.19. The number of nitrogens with zero attached hydrogens (tertiary/aromatic N) is 2. The van der Waals surface area contributed by atoms with Gasteiger partial charge in [0, 0.05) is 17.6 Å². The van der Waals surface area contributed by atoms with Crippen LogP contribution in [0.5, 0.6) is 0 Å². The van der Waals surface area contributed by atoms with E-state index in [0.29, 0.717) is 0 Å². The fourth-order valence-corrected chi connectivity index (χ4v) is 1.48. The molecule has 0 saturated carbocycles. The Hall–Kier alpha value is -0.570. The molecule has 0 aliphatic heterocycles. The lowest BCUT2D eigenvalue weighted by Crippen LogP contribution is -2.23. The number of hydrogen-bond donors (Lipinski definition) is 0. The first kappa shape index (κ1) is 10.5. The lowest BCUT2D eigenvalue weighted by molar-refractivity contribution is 0.841. The van der Waals surface area contributed by atoms with E-state index >= 15 is 0 Å². The number of hydrogen-bond acceptors (Lipinski definition) is 2. The fraction of sp³-hybridized carbons (Fsp3) is 0.500. The maximum Gasteiger partial charge on any atom is 0.128 e. The molecule has 0 radical (unpaired) electrons. The molecule has 3 heteroatoms. The molecular weight excluding hydrogens is 228 g/mol. The number of anilines is 1. The van der Waals surface area contributed by atoms with Crippen LogP contribution in [0.1, 0.15) is 19.5 Å². The Kier molecular flexibility index (Phi) is 3.72. The van der Waals surface area contributed by atoms with Gasteiger partial charge in [-0.25, -0.2) is 4.98 Å². The third kappa shape index (κ3) is 2.44. The van der Waals surface area contributed by atoms with Crippen molar-refractivity contribution < 1.29 is 0 Å². The van der Waals surface area contributed by atoms with Crippen LogP contribution < -0.4 is 4.90 Å². The Bertz CT molecular complexity index is 282. The minimum atomic E-state index is 1.00. The van der Waals surface area contributed by atoms with Gasteiger partial charge in [0.05, 0.1) is 5.69 Å². The standard InChI is InChI=1S/C10H15BrN2/c1-4-13(5-2)10-7-6-9(11)8(3)12-10/h6-7H,4-5H2,1-3H3. The zero-order chi connectivity index (χ0) is 9.84. The molecule has 0 aliphatic carbocycles. The highest BCUT2D eigenvalue weighted by molar-refractivity contribution is 9.10. The summed E-state index contributed by atoms with van der Waals surface area (Å²) >= 11 is 3.44. The molecule has 1 heterocycles. The van der Waals surface area contributed by atoms with Crippen molar-refractivity contribution in [1.29, 1.82) is 0 Å². The fourth-order valence-electron chi connectivity index (χ4n) is 1.25. The molecule has 0 N–H and O–H groups in total. The van der Waals surface area contributed by atoms with Gasteiger partial charge in [-0.2, -0.15) is 0 Å². The van der Waals surface area contributed by atoms with Crippen LogP contribution in [0.2, 0.25) is 0 Å². The van der Waals surface area contributed by atoms with Gasteiger partial charge in [-0.05, 0) is 48.8 Å². The van der Waals surface area contributed by atoms with Crippen molar-refractivity contribution in [2.75, 3.05) is 18.0 Å². The van der Waals surface area contributed by atoms with E-state index in [-0.39, 0.29) is 0 Å². The predicted molar refractivity (Wildman–Crippen MR) is 60.2 cm³/mol. The monoisotopic (exact) mass is 242 g/mol. The molecule has 1 rings (SSSR count). The molecule has 1 aromatic rings. The Morgan fingerprint density at radius 1 is 1.31 bits per heavy atom. The van der Waals surface area contributed by atoms with Gasteiger partial charge < -0.3 is 4.90 Å². The second-order valence-corrected chi connectivity index (χ2v) is 3.76. The average molecular weight is 243 g/mol. The number of pyridine rings is 1. The summed E-state index contributed by atoms with van der Waals surface area (Å²) < 4.78 is 1.07. The molecule has 0 unspecified atom stereocenters. The van der Waals surface area contributed by atoms with Crippen LogP contribution in [-0.2, 0) is 0 Å². The SMILES string of the molecule is CCN(CC)c1ccc(Br)c(C)n1. The van der Waals surface area contributed by atoms with Crippen molar-refractivity contribution in [2.24, 2.45) is 0 Å². The highest BCUT2D eigenvalue weighted by atomic mass is 79.9. The third-order valence-corrected chi connectivity index (χ3v) is 2.93. The topological polar surface area (TPSA) is 16.1 Å². The molecule has 0 aliphatic rings. The Balaban J connectivity index is 2.95. The second-order valence-electron chi connectivity index (χ2n) is 2.91. The van der Waals surface area contributed by atoms with Gasteiger partial charge in [-0.15, -0.1) is 0 Å².